The fourth-order valence-corrected chi connectivity index (χ4v) is 4.38. The number of carbonyl (C=O) groups excluding carboxylic acids is 2. The smallest absolute Gasteiger partial charge is 0.323 e. The number of nitrogens with one attached hydrogen (secondary N) is 3. The molecule has 0 radical (unpaired) electrons. The maximum Gasteiger partial charge on any atom is 0.323 e. The molecule has 0 aromatic heterocycles. The Kier molecular flexibility index (Phi) is 7.54. The summed E-state index contributed by atoms with van der Waals surface area (Å²) in [5, 5.41) is 15.1. The molecule has 3 amide bonds. The summed E-state index contributed by atoms with van der Waals surface area (Å²) in [6.07, 6.45) is 1.36. The number of urea groups is 1. The topological polar surface area (TPSA) is 133 Å². The van der Waals surface area contributed by atoms with Gasteiger partial charge >= 0.3 is 6.03 Å². The molecule has 1 unspecified atom stereocenters. The van der Waals surface area contributed by atoms with Crippen molar-refractivity contribution in [3.8, 4) is 0 Å². The fraction of sp³-hybridized carbons (Fsp3) is 0.217. The molecular formula is C23H23Cl2N7O3. The second kappa shape index (κ2) is 10.8. The number of amidine groups is 1. The zero-order chi connectivity index (χ0) is 24.9. The van der Waals surface area contributed by atoms with Crippen LogP contribution in [0.5, 0.6) is 0 Å². The van der Waals surface area contributed by atoms with Gasteiger partial charge in [-0.15, -0.1) is 0 Å². The van der Waals surface area contributed by atoms with Crippen molar-refractivity contribution in [3.63, 3.8) is 0 Å². The van der Waals surface area contributed by atoms with E-state index in [0.717, 1.165) is 5.56 Å². The Bertz CT molecular complexity index is 1210. The Balaban J connectivity index is 1.53. The van der Waals surface area contributed by atoms with Crippen LogP contribution in [0.4, 0.5) is 16.2 Å². The minimum Gasteiger partial charge on any atom is -0.383 e. The van der Waals surface area contributed by atoms with Crippen LogP contribution < -0.4 is 21.7 Å². The Hall–Kier alpha value is -3.60. The number of anilines is 2. The predicted octanol–water partition coefficient (Wildman–Crippen LogP) is 3.36. The second-order valence-corrected chi connectivity index (χ2v) is 8.61. The molecule has 0 saturated heterocycles. The largest absolute Gasteiger partial charge is 0.383 e. The average Bonchev–Trinajstić information content (AvgIpc) is 3.20. The third-order valence-corrected chi connectivity index (χ3v) is 5.78. The predicted molar refractivity (Wildman–Crippen MR) is 138 cm³/mol. The van der Waals surface area contributed by atoms with Crippen LogP contribution in [-0.4, -0.2) is 55.9 Å². The summed E-state index contributed by atoms with van der Waals surface area (Å²) in [6.45, 7) is 1.12. The van der Waals surface area contributed by atoms with Gasteiger partial charge in [0.05, 0.1) is 19.1 Å². The summed E-state index contributed by atoms with van der Waals surface area (Å²) in [6, 6.07) is 11.4. The normalized spacial score (nSPS) is 16.6. The minimum absolute atomic E-state index is 0.163. The van der Waals surface area contributed by atoms with Crippen molar-refractivity contribution < 1.29 is 14.3 Å². The molecular weight excluding hydrogens is 493 g/mol. The van der Waals surface area contributed by atoms with Crippen molar-refractivity contribution in [2.24, 2.45) is 21.7 Å². The van der Waals surface area contributed by atoms with E-state index < -0.39 is 11.9 Å². The second-order valence-electron chi connectivity index (χ2n) is 7.74. The van der Waals surface area contributed by atoms with E-state index in [2.05, 4.69) is 26.0 Å². The monoisotopic (exact) mass is 515 g/mol. The lowest BCUT2D eigenvalue weighted by molar-refractivity contribution is -0.123. The van der Waals surface area contributed by atoms with Gasteiger partial charge in [0, 0.05) is 40.6 Å². The third kappa shape index (κ3) is 5.73. The van der Waals surface area contributed by atoms with E-state index in [1.807, 2.05) is 0 Å². The van der Waals surface area contributed by atoms with Crippen LogP contribution in [0.1, 0.15) is 5.56 Å². The highest BCUT2D eigenvalue weighted by molar-refractivity contribution is 6.35. The Labute approximate surface area is 211 Å². The van der Waals surface area contributed by atoms with Crippen LogP contribution in [0.2, 0.25) is 10.0 Å². The van der Waals surface area contributed by atoms with E-state index in [-0.39, 0.29) is 11.7 Å². The summed E-state index contributed by atoms with van der Waals surface area (Å²) in [4.78, 5) is 29.4. The highest BCUT2D eigenvalue weighted by atomic mass is 35.5. The van der Waals surface area contributed by atoms with Gasteiger partial charge in [-0.25, -0.2) is 9.79 Å². The average molecular weight is 516 g/mol. The van der Waals surface area contributed by atoms with Crippen molar-refractivity contribution >= 4 is 64.3 Å². The number of aliphatic imine (C=N–C) groups is 1. The first-order chi connectivity index (χ1) is 16.9. The van der Waals surface area contributed by atoms with Crippen molar-refractivity contribution in [2.75, 3.05) is 37.4 Å². The number of carbonyl (C=O) groups is 2. The number of methoxy groups -OCH3 is 1. The number of hydrogen-bond acceptors (Lipinski definition) is 7. The molecule has 2 aliphatic heterocycles. The molecule has 0 bridgehead atoms. The van der Waals surface area contributed by atoms with Crippen LogP contribution in [0.15, 0.2) is 58.3 Å². The van der Waals surface area contributed by atoms with Gasteiger partial charge in [0.1, 0.15) is 12.0 Å². The van der Waals surface area contributed by atoms with Gasteiger partial charge in [-0.3, -0.25) is 9.80 Å². The molecule has 0 spiro atoms. The number of amides is 3. The highest BCUT2D eigenvalue weighted by Crippen LogP contribution is 2.38. The van der Waals surface area contributed by atoms with E-state index in [1.165, 1.54) is 6.34 Å². The Morgan fingerprint density at radius 2 is 1.80 bits per heavy atom. The molecule has 2 aliphatic rings. The van der Waals surface area contributed by atoms with Crippen LogP contribution in [0.25, 0.3) is 5.57 Å². The number of hydrazone groups is 1. The summed E-state index contributed by atoms with van der Waals surface area (Å²) in [5.41, 5.74) is 9.22. The Morgan fingerprint density at radius 3 is 2.49 bits per heavy atom. The third-order valence-electron chi connectivity index (χ3n) is 5.34. The zero-order valence-corrected chi connectivity index (χ0v) is 20.2. The van der Waals surface area contributed by atoms with Crippen molar-refractivity contribution in [3.05, 3.63) is 63.8 Å². The molecule has 4 rings (SSSR count). The summed E-state index contributed by atoms with van der Waals surface area (Å²) in [7, 11) is 1.57. The summed E-state index contributed by atoms with van der Waals surface area (Å²) >= 11 is 12.0. The van der Waals surface area contributed by atoms with Gasteiger partial charge in [0.2, 0.25) is 5.91 Å². The van der Waals surface area contributed by atoms with Crippen LogP contribution in [-0.2, 0) is 9.53 Å². The molecule has 1 atom stereocenters. The lowest BCUT2D eigenvalue weighted by Gasteiger charge is -2.18. The lowest BCUT2D eigenvalue weighted by atomic mass is 9.92. The van der Waals surface area contributed by atoms with E-state index in [4.69, 9.17) is 33.7 Å². The molecule has 2 heterocycles. The molecule has 0 saturated carbocycles. The van der Waals surface area contributed by atoms with E-state index in [1.54, 1.807) is 54.6 Å². The standard InChI is InChI=1S/C23H23Cl2N7O3/c1-35-7-6-27-22(33)18-11-32-20(21(26)28-12-29-32)19(18)13-2-4-16(5-3-13)30-23(34)31-17-9-14(24)8-15(25)10-17/h2-5,8-10,12,18H,6-7,11H2,1H3,(H,27,33)(H2,26,28,29)(H2,30,31,34). The van der Waals surface area contributed by atoms with E-state index in [0.29, 0.717) is 52.4 Å². The number of fused-ring (bicyclic) bond motifs is 1. The van der Waals surface area contributed by atoms with Gasteiger partial charge in [-0.05, 0) is 35.9 Å². The molecule has 2 aromatic carbocycles. The zero-order valence-electron chi connectivity index (χ0n) is 18.7. The molecule has 182 valence electrons. The molecule has 0 fully saturated rings. The number of rotatable bonds is 7. The Morgan fingerprint density at radius 1 is 1.11 bits per heavy atom. The maximum atomic E-state index is 12.9. The van der Waals surface area contributed by atoms with Crippen molar-refractivity contribution in [1.29, 1.82) is 0 Å². The molecule has 35 heavy (non-hydrogen) atoms. The van der Waals surface area contributed by atoms with Gasteiger partial charge in [0.25, 0.3) is 0 Å². The first kappa shape index (κ1) is 24.5. The summed E-state index contributed by atoms with van der Waals surface area (Å²) in [5.74, 6) is -0.395. The highest BCUT2D eigenvalue weighted by Gasteiger charge is 2.39. The molecule has 5 N–H and O–H groups in total. The first-order valence-electron chi connectivity index (χ1n) is 10.6. The minimum atomic E-state index is -0.513. The van der Waals surface area contributed by atoms with Gasteiger partial charge in [-0.2, -0.15) is 5.10 Å². The van der Waals surface area contributed by atoms with Crippen LogP contribution in [0, 0.1) is 5.92 Å². The molecule has 10 nitrogen and oxygen atoms in total. The van der Waals surface area contributed by atoms with Gasteiger partial charge < -0.3 is 26.4 Å². The number of ether oxygens (including phenoxy) is 1. The first-order valence-corrected chi connectivity index (χ1v) is 11.4. The number of benzene rings is 2. The number of hydrogen-bond donors (Lipinski definition) is 4. The summed E-state index contributed by atoms with van der Waals surface area (Å²) < 4.78 is 5.02. The quantitative estimate of drug-likeness (QED) is 0.419. The number of halogens is 2. The maximum absolute atomic E-state index is 12.9. The number of nitrogens with zero attached hydrogens (tertiary/aromatic N) is 3. The fourth-order valence-electron chi connectivity index (χ4n) is 3.85. The van der Waals surface area contributed by atoms with Crippen LogP contribution in [0.3, 0.4) is 0 Å². The van der Waals surface area contributed by atoms with Gasteiger partial charge in [0.15, 0.2) is 5.84 Å². The molecule has 0 aliphatic carbocycles. The molecule has 2 aromatic rings. The van der Waals surface area contributed by atoms with Crippen molar-refractivity contribution in [1.82, 2.24) is 10.3 Å². The number of nitrogens with two attached hydrogens (primary N) is 1. The van der Waals surface area contributed by atoms with Crippen LogP contribution >= 0.6 is 23.2 Å². The van der Waals surface area contributed by atoms with E-state index in [9.17, 15) is 9.59 Å². The van der Waals surface area contributed by atoms with E-state index >= 15 is 0 Å². The van der Waals surface area contributed by atoms with Crippen molar-refractivity contribution in [2.45, 2.75) is 0 Å². The lowest BCUT2D eigenvalue weighted by Crippen LogP contribution is -2.35. The van der Waals surface area contributed by atoms with Gasteiger partial charge in [-0.1, -0.05) is 35.3 Å². The molecule has 12 heteroatoms. The SMILES string of the molecule is COCCNC(=O)C1CN2N=CN=C(N)C2=C1c1ccc(NC(=O)Nc2cc(Cl)cc(Cl)c2)cc1.